The van der Waals surface area contributed by atoms with Crippen LogP contribution in [0.3, 0.4) is 0 Å². The Morgan fingerprint density at radius 1 is 1.35 bits per heavy atom. The summed E-state index contributed by atoms with van der Waals surface area (Å²) in [7, 11) is 0. The van der Waals surface area contributed by atoms with Gasteiger partial charge in [0.1, 0.15) is 0 Å². The van der Waals surface area contributed by atoms with E-state index in [9.17, 15) is 9.59 Å². The summed E-state index contributed by atoms with van der Waals surface area (Å²) in [6, 6.07) is 6.07. The van der Waals surface area contributed by atoms with Gasteiger partial charge in [0.05, 0.1) is 11.8 Å². The van der Waals surface area contributed by atoms with Gasteiger partial charge in [-0.2, -0.15) is 0 Å². The largest absolute Gasteiger partial charge is 0.481 e. The van der Waals surface area contributed by atoms with Crippen LogP contribution in [-0.4, -0.2) is 23.5 Å². The van der Waals surface area contributed by atoms with Crippen LogP contribution in [0.2, 0.25) is 0 Å². The summed E-state index contributed by atoms with van der Waals surface area (Å²) in [6.45, 7) is 2.30. The Hall–Kier alpha value is -1.84. The monoisotopic (exact) mass is 273 g/mol. The van der Waals surface area contributed by atoms with Crippen molar-refractivity contribution in [2.75, 3.05) is 11.4 Å². The van der Waals surface area contributed by atoms with E-state index < -0.39 is 5.97 Å². The first-order chi connectivity index (χ1) is 9.54. The summed E-state index contributed by atoms with van der Waals surface area (Å²) < 4.78 is 0. The van der Waals surface area contributed by atoms with Gasteiger partial charge in [-0.05, 0) is 31.4 Å². The fourth-order valence-corrected chi connectivity index (χ4v) is 3.64. The molecule has 1 N–H and O–H groups in total. The first kappa shape index (κ1) is 13.2. The van der Waals surface area contributed by atoms with Gasteiger partial charge in [0.25, 0.3) is 0 Å². The van der Waals surface area contributed by atoms with Crippen LogP contribution in [0.1, 0.15) is 43.2 Å². The number of carbonyl (C=O) groups excluding carboxylic acids is 1. The number of aryl methyl sites for hydroxylation is 1. The Kier molecular flexibility index (Phi) is 3.04. The van der Waals surface area contributed by atoms with Gasteiger partial charge in [-0.3, -0.25) is 9.59 Å². The second-order valence-corrected chi connectivity index (χ2v) is 5.91. The van der Waals surface area contributed by atoms with Crippen molar-refractivity contribution in [3.63, 3.8) is 0 Å². The highest BCUT2D eigenvalue weighted by molar-refractivity contribution is 6.08. The molecule has 2 aliphatic rings. The number of carboxylic acid groups (broad SMARTS) is 1. The van der Waals surface area contributed by atoms with Crippen LogP contribution < -0.4 is 4.90 Å². The van der Waals surface area contributed by atoms with E-state index in [0.29, 0.717) is 0 Å². The van der Waals surface area contributed by atoms with Gasteiger partial charge in [0, 0.05) is 12.2 Å². The van der Waals surface area contributed by atoms with Crippen LogP contribution in [0.4, 0.5) is 5.69 Å². The first-order valence-corrected chi connectivity index (χ1v) is 7.19. The van der Waals surface area contributed by atoms with Gasteiger partial charge in [0.2, 0.25) is 5.91 Å². The molecule has 0 unspecified atom stereocenters. The van der Waals surface area contributed by atoms with E-state index in [1.807, 2.05) is 19.1 Å². The summed E-state index contributed by atoms with van der Waals surface area (Å²) in [5.41, 5.74) is 2.82. The van der Waals surface area contributed by atoms with Gasteiger partial charge in [0.15, 0.2) is 0 Å². The zero-order chi connectivity index (χ0) is 14.3. The minimum atomic E-state index is -0.862. The maximum atomic E-state index is 12.8. The minimum absolute atomic E-state index is 0.00482. The Morgan fingerprint density at radius 2 is 2.05 bits per heavy atom. The Labute approximate surface area is 118 Å². The molecule has 106 valence electrons. The van der Waals surface area contributed by atoms with E-state index in [-0.39, 0.29) is 24.3 Å². The molecule has 1 aliphatic heterocycles. The number of amides is 1. The van der Waals surface area contributed by atoms with E-state index in [1.54, 1.807) is 4.90 Å². The molecule has 0 bridgehead atoms. The highest BCUT2D eigenvalue weighted by atomic mass is 16.4. The topological polar surface area (TPSA) is 57.6 Å². The van der Waals surface area contributed by atoms with E-state index in [4.69, 9.17) is 5.11 Å². The number of hydrogen-bond donors (Lipinski definition) is 1. The minimum Gasteiger partial charge on any atom is -0.481 e. The number of carboxylic acids is 1. The predicted octanol–water partition coefficient (Wildman–Crippen LogP) is 2.63. The first-order valence-electron chi connectivity index (χ1n) is 7.19. The average Bonchev–Trinajstić information content (AvgIpc) is 2.97. The third-order valence-corrected chi connectivity index (χ3v) is 4.62. The summed E-state index contributed by atoms with van der Waals surface area (Å²) in [5, 5.41) is 8.87. The smallest absolute Gasteiger partial charge is 0.305 e. The Bertz CT molecular complexity index is 573. The molecule has 3 rings (SSSR count). The maximum Gasteiger partial charge on any atom is 0.305 e. The zero-order valence-electron chi connectivity index (χ0n) is 11.7. The molecule has 1 saturated carbocycles. The third-order valence-electron chi connectivity index (χ3n) is 4.62. The fourth-order valence-electron chi connectivity index (χ4n) is 3.64. The van der Waals surface area contributed by atoms with E-state index in [2.05, 4.69) is 6.07 Å². The van der Waals surface area contributed by atoms with Crippen LogP contribution in [0.5, 0.6) is 0 Å². The van der Waals surface area contributed by atoms with Crippen LogP contribution in [0.15, 0.2) is 18.2 Å². The summed E-state index contributed by atoms with van der Waals surface area (Å²) in [6.07, 6.45) is 3.94. The number of anilines is 1. The summed E-state index contributed by atoms with van der Waals surface area (Å²) in [4.78, 5) is 25.3. The van der Waals surface area contributed by atoms with Gasteiger partial charge in [-0.25, -0.2) is 0 Å². The van der Waals surface area contributed by atoms with Crippen LogP contribution in [0, 0.1) is 6.92 Å². The number of rotatable bonds is 3. The van der Waals surface area contributed by atoms with Crippen LogP contribution in [-0.2, 0) is 15.0 Å². The highest BCUT2D eigenvalue weighted by Crippen LogP contribution is 2.51. The molecular formula is C16H19NO3. The Morgan fingerprint density at radius 3 is 2.70 bits per heavy atom. The van der Waals surface area contributed by atoms with E-state index >= 15 is 0 Å². The Balaban J connectivity index is 2.03. The molecule has 1 aromatic rings. The lowest BCUT2D eigenvalue weighted by atomic mass is 9.79. The van der Waals surface area contributed by atoms with Crippen molar-refractivity contribution in [3.05, 3.63) is 29.3 Å². The second-order valence-electron chi connectivity index (χ2n) is 5.91. The number of fused-ring (bicyclic) bond motifs is 2. The van der Waals surface area contributed by atoms with Crippen molar-refractivity contribution in [1.82, 2.24) is 0 Å². The van der Waals surface area contributed by atoms with Crippen molar-refractivity contribution < 1.29 is 14.7 Å². The predicted molar refractivity (Wildman–Crippen MR) is 75.9 cm³/mol. The lowest BCUT2D eigenvalue weighted by Crippen LogP contribution is -2.39. The van der Waals surface area contributed by atoms with Gasteiger partial charge in [-0.1, -0.05) is 30.5 Å². The molecule has 4 nitrogen and oxygen atoms in total. The second kappa shape index (κ2) is 4.62. The number of benzene rings is 1. The highest BCUT2D eigenvalue weighted by Gasteiger charge is 2.51. The van der Waals surface area contributed by atoms with E-state index in [1.165, 1.54) is 0 Å². The average molecular weight is 273 g/mol. The molecule has 1 fully saturated rings. The lowest BCUT2D eigenvalue weighted by Gasteiger charge is -2.23. The van der Waals surface area contributed by atoms with Crippen LogP contribution >= 0.6 is 0 Å². The molecule has 20 heavy (non-hydrogen) atoms. The SMILES string of the molecule is Cc1ccc2c(c1)C1(CCCC1)C(=O)N2CCC(=O)O. The molecule has 1 amide bonds. The third kappa shape index (κ3) is 1.82. The molecule has 0 radical (unpaired) electrons. The normalized spacial score (nSPS) is 19.6. The van der Waals surface area contributed by atoms with Crippen molar-refractivity contribution in [1.29, 1.82) is 0 Å². The van der Waals surface area contributed by atoms with Crippen LogP contribution in [0.25, 0.3) is 0 Å². The molecule has 0 aromatic heterocycles. The number of carbonyl (C=O) groups is 2. The molecular weight excluding hydrogens is 254 g/mol. The fraction of sp³-hybridized carbons (Fsp3) is 0.500. The maximum absolute atomic E-state index is 12.8. The molecule has 1 aliphatic carbocycles. The van der Waals surface area contributed by atoms with Crippen molar-refractivity contribution in [2.24, 2.45) is 0 Å². The van der Waals surface area contributed by atoms with Gasteiger partial charge >= 0.3 is 5.97 Å². The van der Waals surface area contributed by atoms with E-state index in [0.717, 1.165) is 42.5 Å². The molecule has 1 spiro atoms. The number of nitrogens with zero attached hydrogens (tertiary/aromatic N) is 1. The van der Waals surface area contributed by atoms with Gasteiger partial charge < -0.3 is 10.0 Å². The molecule has 1 heterocycles. The van der Waals surface area contributed by atoms with Gasteiger partial charge in [-0.15, -0.1) is 0 Å². The summed E-state index contributed by atoms with van der Waals surface area (Å²) >= 11 is 0. The quantitative estimate of drug-likeness (QED) is 0.921. The summed E-state index contributed by atoms with van der Waals surface area (Å²) in [5.74, 6) is -0.754. The molecule has 0 atom stereocenters. The van der Waals surface area contributed by atoms with Crippen molar-refractivity contribution in [2.45, 2.75) is 44.4 Å². The number of aliphatic carboxylic acids is 1. The standard InChI is InChI=1S/C16H19NO3/c1-11-4-5-13-12(10-11)16(7-2-3-8-16)15(20)17(13)9-6-14(18)19/h4-5,10H,2-3,6-9H2,1H3,(H,18,19). The van der Waals surface area contributed by atoms with Crippen molar-refractivity contribution in [3.8, 4) is 0 Å². The van der Waals surface area contributed by atoms with Crippen molar-refractivity contribution >= 4 is 17.6 Å². The molecule has 1 aromatic carbocycles. The number of hydrogen-bond acceptors (Lipinski definition) is 2. The lowest BCUT2D eigenvalue weighted by molar-refractivity contribution is -0.136. The molecule has 0 saturated heterocycles. The zero-order valence-corrected chi connectivity index (χ0v) is 11.7. The molecule has 4 heteroatoms.